The number of nitrogen functional groups attached to an aromatic ring is 1. The molecule has 52 valence electrons. The minimum absolute atomic E-state index is 0. The zero-order chi connectivity index (χ0) is 6.97. The zero-order valence-electron chi connectivity index (χ0n) is 5.24. The van der Waals surface area contributed by atoms with Crippen molar-refractivity contribution < 1.29 is 0 Å². The molecular formula is C7H7LiN2S. The van der Waals surface area contributed by atoms with Gasteiger partial charge in [-0.25, -0.2) is 4.98 Å². The van der Waals surface area contributed by atoms with Crippen molar-refractivity contribution in [2.45, 2.75) is 0 Å². The van der Waals surface area contributed by atoms with Crippen LogP contribution in [0, 0.1) is 0 Å². The molecule has 2 N–H and O–H groups in total. The average molecular weight is 158 g/mol. The normalized spacial score (nSPS) is 9.45. The average Bonchev–Trinajstić information content (AvgIpc) is 2.27. The standard InChI is InChI=1S/C7H6N2S.Li.H/c8-7-9-5-3-1-2-4-6(5)10-7;;/h1-4H,(H2,8,9);;. The summed E-state index contributed by atoms with van der Waals surface area (Å²) in [5, 5.41) is 0.640. The van der Waals surface area contributed by atoms with Gasteiger partial charge in [-0.3, -0.25) is 0 Å². The summed E-state index contributed by atoms with van der Waals surface area (Å²) in [5.74, 6) is 0. The summed E-state index contributed by atoms with van der Waals surface area (Å²) in [7, 11) is 0. The van der Waals surface area contributed by atoms with Crippen molar-refractivity contribution >= 4 is 45.5 Å². The first kappa shape index (κ1) is 8.60. The number of nitrogens with zero attached hydrogens (tertiary/aromatic N) is 1. The molecule has 0 aliphatic carbocycles. The Morgan fingerprint density at radius 3 is 2.73 bits per heavy atom. The maximum atomic E-state index is 5.50. The number of nitrogens with two attached hydrogens (primary N) is 1. The first-order chi connectivity index (χ1) is 4.86. The van der Waals surface area contributed by atoms with Gasteiger partial charge in [0.2, 0.25) is 0 Å². The summed E-state index contributed by atoms with van der Waals surface area (Å²) in [5.41, 5.74) is 6.49. The van der Waals surface area contributed by atoms with E-state index in [1.807, 2.05) is 24.3 Å². The second-order valence-corrected chi connectivity index (χ2v) is 3.08. The van der Waals surface area contributed by atoms with Crippen LogP contribution in [0.1, 0.15) is 0 Å². The van der Waals surface area contributed by atoms with Gasteiger partial charge in [-0.2, -0.15) is 0 Å². The molecule has 11 heavy (non-hydrogen) atoms. The molecule has 0 saturated heterocycles. The molecule has 4 heteroatoms. The van der Waals surface area contributed by atoms with Gasteiger partial charge in [-0.15, -0.1) is 0 Å². The SMILES string of the molecule is Nc1nc2ccccc2s1.[LiH]. The fourth-order valence-electron chi connectivity index (χ4n) is 0.890. The Kier molecular flexibility index (Phi) is 2.56. The van der Waals surface area contributed by atoms with Crippen molar-refractivity contribution in [3.05, 3.63) is 24.3 Å². The van der Waals surface area contributed by atoms with Gasteiger partial charge in [0.05, 0.1) is 10.2 Å². The Hall–Kier alpha value is -0.493. The molecule has 1 heterocycles. The summed E-state index contributed by atoms with van der Waals surface area (Å²) < 4.78 is 1.15. The molecule has 0 aliphatic rings. The summed E-state index contributed by atoms with van der Waals surface area (Å²) in [6.07, 6.45) is 0. The molecule has 2 rings (SSSR count). The molecule has 1 aromatic carbocycles. The molecule has 0 fully saturated rings. The van der Waals surface area contributed by atoms with Crippen LogP contribution in [0.2, 0.25) is 0 Å². The molecule has 0 spiro atoms. The molecular weight excluding hydrogens is 151 g/mol. The quantitative estimate of drug-likeness (QED) is 0.585. The molecule has 2 aromatic rings. The Morgan fingerprint density at radius 2 is 2.00 bits per heavy atom. The number of benzene rings is 1. The van der Waals surface area contributed by atoms with Crippen LogP contribution < -0.4 is 5.73 Å². The van der Waals surface area contributed by atoms with Crippen LogP contribution in [0.4, 0.5) is 5.13 Å². The number of thiazole rings is 1. The molecule has 0 amide bonds. The first-order valence-electron chi connectivity index (χ1n) is 2.97. The van der Waals surface area contributed by atoms with Gasteiger partial charge in [-0.1, -0.05) is 23.5 Å². The summed E-state index contributed by atoms with van der Waals surface area (Å²) >= 11 is 1.52. The Bertz CT molecular complexity index is 325. The number of para-hydroxylation sites is 1. The molecule has 0 unspecified atom stereocenters. The number of fused-ring (bicyclic) bond motifs is 1. The van der Waals surface area contributed by atoms with Crippen molar-refractivity contribution in [1.29, 1.82) is 0 Å². The third-order valence-corrected chi connectivity index (χ3v) is 2.18. The van der Waals surface area contributed by atoms with Gasteiger partial charge in [-0.05, 0) is 12.1 Å². The Morgan fingerprint density at radius 1 is 1.27 bits per heavy atom. The van der Waals surface area contributed by atoms with E-state index in [1.165, 1.54) is 11.3 Å². The topological polar surface area (TPSA) is 38.9 Å². The van der Waals surface area contributed by atoms with Gasteiger partial charge in [0, 0.05) is 0 Å². The molecule has 1 aromatic heterocycles. The summed E-state index contributed by atoms with van der Waals surface area (Å²) in [6, 6.07) is 7.92. The number of hydrogen-bond donors (Lipinski definition) is 1. The van der Waals surface area contributed by atoms with Gasteiger partial charge >= 0.3 is 18.9 Å². The van der Waals surface area contributed by atoms with Crippen molar-refractivity contribution in [2.24, 2.45) is 0 Å². The van der Waals surface area contributed by atoms with Crippen molar-refractivity contribution in [1.82, 2.24) is 4.98 Å². The maximum absolute atomic E-state index is 5.50. The molecule has 0 atom stereocenters. The van der Waals surface area contributed by atoms with E-state index in [-0.39, 0.29) is 18.9 Å². The first-order valence-corrected chi connectivity index (χ1v) is 3.79. The summed E-state index contributed by atoms with van der Waals surface area (Å²) in [6.45, 7) is 0. The molecule has 0 saturated carbocycles. The van der Waals surface area contributed by atoms with E-state index in [4.69, 9.17) is 5.73 Å². The predicted octanol–water partition coefficient (Wildman–Crippen LogP) is 1.23. The van der Waals surface area contributed by atoms with Gasteiger partial charge < -0.3 is 5.73 Å². The van der Waals surface area contributed by atoms with E-state index in [1.54, 1.807) is 0 Å². The van der Waals surface area contributed by atoms with Crippen LogP contribution in [0.5, 0.6) is 0 Å². The Labute approximate surface area is 80.6 Å². The van der Waals surface area contributed by atoms with Crippen LogP contribution >= 0.6 is 11.3 Å². The van der Waals surface area contributed by atoms with E-state index < -0.39 is 0 Å². The van der Waals surface area contributed by atoms with Crippen LogP contribution in [0.3, 0.4) is 0 Å². The number of anilines is 1. The summed E-state index contributed by atoms with van der Waals surface area (Å²) in [4.78, 5) is 4.11. The second kappa shape index (κ2) is 3.27. The van der Waals surface area contributed by atoms with E-state index in [0.717, 1.165) is 10.2 Å². The van der Waals surface area contributed by atoms with Gasteiger partial charge in [0.15, 0.2) is 5.13 Å². The predicted molar refractivity (Wildman–Crippen MR) is 51.2 cm³/mol. The van der Waals surface area contributed by atoms with Crippen LogP contribution in [0.25, 0.3) is 10.2 Å². The van der Waals surface area contributed by atoms with E-state index >= 15 is 0 Å². The van der Waals surface area contributed by atoms with Crippen molar-refractivity contribution in [3.8, 4) is 0 Å². The van der Waals surface area contributed by atoms with E-state index in [2.05, 4.69) is 4.98 Å². The number of rotatable bonds is 0. The van der Waals surface area contributed by atoms with E-state index in [9.17, 15) is 0 Å². The molecule has 2 nitrogen and oxygen atoms in total. The molecule has 0 radical (unpaired) electrons. The zero-order valence-corrected chi connectivity index (χ0v) is 6.06. The minimum atomic E-state index is 0. The van der Waals surface area contributed by atoms with Crippen molar-refractivity contribution in [2.75, 3.05) is 5.73 Å². The van der Waals surface area contributed by atoms with Gasteiger partial charge in [0.25, 0.3) is 0 Å². The monoisotopic (exact) mass is 158 g/mol. The fraction of sp³-hybridized carbons (Fsp3) is 0. The molecule has 0 bridgehead atoms. The molecule has 0 aliphatic heterocycles. The van der Waals surface area contributed by atoms with Crippen molar-refractivity contribution in [3.63, 3.8) is 0 Å². The number of hydrogen-bond acceptors (Lipinski definition) is 3. The fourth-order valence-corrected chi connectivity index (χ4v) is 1.62. The van der Waals surface area contributed by atoms with Crippen LogP contribution in [-0.4, -0.2) is 23.8 Å². The van der Waals surface area contributed by atoms with E-state index in [0.29, 0.717) is 5.13 Å². The third-order valence-electron chi connectivity index (χ3n) is 1.31. The van der Waals surface area contributed by atoms with Crippen LogP contribution in [0.15, 0.2) is 24.3 Å². The third kappa shape index (κ3) is 1.56. The number of aromatic nitrogens is 1. The second-order valence-electron chi connectivity index (χ2n) is 2.02. The van der Waals surface area contributed by atoms with Gasteiger partial charge in [0.1, 0.15) is 0 Å². The Balaban J connectivity index is 0.000000605. The van der Waals surface area contributed by atoms with Crippen LogP contribution in [-0.2, 0) is 0 Å².